The Morgan fingerprint density at radius 1 is 1.00 bits per heavy atom. The molecule has 0 amide bonds. The number of thioether (sulfide) groups is 1. The van der Waals surface area contributed by atoms with E-state index < -0.39 is 0 Å². The average Bonchev–Trinajstić information content (AvgIpc) is 2.69. The molecule has 66 valence electrons. The second kappa shape index (κ2) is 4.19. The molecule has 2 heteroatoms. The van der Waals surface area contributed by atoms with E-state index in [1.54, 1.807) is 18.0 Å². The van der Waals surface area contributed by atoms with Crippen molar-refractivity contribution in [2.24, 2.45) is 0 Å². The van der Waals surface area contributed by atoms with E-state index in [-0.39, 0.29) is 0 Å². The molecule has 13 heavy (non-hydrogen) atoms. The lowest BCUT2D eigenvalue weighted by Crippen LogP contribution is -1.76. The first kappa shape index (κ1) is 8.45. The summed E-state index contributed by atoms with van der Waals surface area (Å²) in [6, 6.07) is 14.3. The van der Waals surface area contributed by atoms with Crippen LogP contribution in [-0.2, 0) is 5.75 Å². The lowest BCUT2D eigenvalue weighted by molar-refractivity contribution is 0.474. The largest absolute Gasteiger partial charge is 0.458 e. The molecule has 0 atom stereocenters. The van der Waals surface area contributed by atoms with E-state index >= 15 is 0 Å². The van der Waals surface area contributed by atoms with Gasteiger partial charge in [-0.3, -0.25) is 0 Å². The van der Waals surface area contributed by atoms with Crippen molar-refractivity contribution in [1.82, 2.24) is 0 Å². The lowest BCUT2D eigenvalue weighted by atomic mass is 10.2. The first-order chi connectivity index (χ1) is 6.45. The van der Waals surface area contributed by atoms with Gasteiger partial charge in [-0.1, -0.05) is 42.1 Å². The van der Waals surface area contributed by atoms with Crippen molar-refractivity contribution < 1.29 is 4.42 Å². The van der Waals surface area contributed by atoms with Crippen LogP contribution in [0, 0.1) is 0 Å². The molecule has 0 radical (unpaired) electrons. The number of benzene rings is 1. The van der Waals surface area contributed by atoms with Gasteiger partial charge in [-0.15, -0.1) is 0 Å². The molecule has 1 nitrogen and oxygen atoms in total. The molecular formula is C11H10OS. The predicted octanol–water partition coefficient (Wildman–Crippen LogP) is 3.57. The van der Waals surface area contributed by atoms with E-state index in [1.165, 1.54) is 5.56 Å². The molecule has 0 N–H and O–H groups in total. The van der Waals surface area contributed by atoms with Crippen LogP contribution in [0.25, 0.3) is 0 Å². The summed E-state index contributed by atoms with van der Waals surface area (Å²) in [6.07, 6.45) is 1.70. The molecule has 0 saturated heterocycles. The van der Waals surface area contributed by atoms with Gasteiger partial charge in [0.2, 0.25) is 0 Å². The van der Waals surface area contributed by atoms with Crippen molar-refractivity contribution in [2.75, 3.05) is 0 Å². The van der Waals surface area contributed by atoms with Gasteiger partial charge in [-0.25, -0.2) is 0 Å². The van der Waals surface area contributed by atoms with Crippen LogP contribution in [0.1, 0.15) is 5.56 Å². The van der Waals surface area contributed by atoms with Crippen LogP contribution in [-0.4, -0.2) is 0 Å². The molecule has 0 aliphatic rings. The van der Waals surface area contributed by atoms with Gasteiger partial charge >= 0.3 is 0 Å². The molecular weight excluding hydrogens is 180 g/mol. The average molecular weight is 190 g/mol. The Labute approximate surface area is 81.8 Å². The highest BCUT2D eigenvalue weighted by Gasteiger charge is 1.96. The van der Waals surface area contributed by atoms with Gasteiger partial charge in [0.15, 0.2) is 5.09 Å². The Bertz CT molecular complexity index is 340. The zero-order valence-corrected chi connectivity index (χ0v) is 7.96. The van der Waals surface area contributed by atoms with Crippen LogP contribution in [0.3, 0.4) is 0 Å². The second-order valence-electron chi connectivity index (χ2n) is 2.71. The first-order valence-electron chi connectivity index (χ1n) is 4.15. The van der Waals surface area contributed by atoms with Crippen molar-refractivity contribution >= 4 is 11.8 Å². The van der Waals surface area contributed by atoms with Gasteiger partial charge in [0, 0.05) is 5.75 Å². The number of hydrogen-bond donors (Lipinski definition) is 0. The molecule has 0 unspecified atom stereocenters. The highest BCUT2D eigenvalue weighted by molar-refractivity contribution is 7.98. The predicted molar refractivity (Wildman–Crippen MR) is 54.7 cm³/mol. The summed E-state index contributed by atoms with van der Waals surface area (Å²) >= 11 is 1.71. The van der Waals surface area contributed by atoms with Crippen LogP contribution in [0.4, 0.5) is 0 Å². The maximum absolute atomic E-state index is 5.22. The maximum atomic E-state index is 5.22. The molecule has 2 aromatic rings. The molecule has 0 fully saturated rings. The molecule has 1 aromatic carbocycles. The minimum Gasteiger partial charge on any atom is -0.458 e. The standard InChI is InChI=1S/C11H10OS/c1-2-5-10(6-3-1)9-13-11-7-4-8-12-11/h1-8H,9H2. The Hall–Kier alpha value is -1.15. The summed E-state index contributed by atoms with van der Waals surface area (Å²) in [5.74, 6) is 0.967. The fourth-order valence-electron chi connectivity index (χ4n) is 1.07. The topological polar surface area (TPSA) is 13.1 Å². The molecule has 0 saturated carbocycles. The van der Waals surface area contributed by atoms with Gasteiger partial charge in [0.25, 0.3) is 0 Å². The van der Waals surface area contributed by atoms with Crippen molar-refractivity contribution in [3.05, 3.63) is 54.3 Å². The fourth-order valence-corrected chi connectivity index (χ4v) is 1.87. The Balaban J connectivity index is 1.94. The first-order valence-corrected chi connectivity index (χ1v) is 5.14. The van der Waals surface area contributed by atoms with E-state index in [0.29, 0.717) is 0 Å². The maximum Gasteiger partial charge on any atom is 0.160 e. The van der Waals surface area contributed by atoms with E-state index in [2.05, 4.69) is 24.3 Å². The molecule has 0 spiro atoms. The number of furan rings is 1. The molecule has 0 aliphatic heterocycles. The normalized spacial score (nSPS) is 10.2. The third-order valence-corrected chi connectivity index (χ3v) is 2.71. The minimum absolute atomic E-state index is 0.967. The highest BCUT2D eigenvalue weighted by Crippen LogP contribution is 2.22. The molecule has 0 aliphatic carbocycles. The van der Waals surface area contributed by atoms with Gasteiger partial charge < -0.3 is 4.42 Å². The van der Waals surface area contributed by atoms with Gasteiger partial charge in [-0.05, 0) is 17.7 Å². The van der Waals surface area contributed by atoms with E-state index in [1.807, 2.05) is 18.2 Å². The van der Waals surface area contributed by atoms with Crippen molar-refractivity contribution in [3.63, 3.8) is 0 Å². The number of hydrogen-bond acceptors (Lipinski definition) is 2. The summed E-state index contributed by atoms with van der Waals surface area (Å²) in [6.45, 7) is 0. The molecule has 0 bridgehead atoms. The lowest BCUT2D eigenvalue weighted by Gasteiger charge is -1.97. The molecule has 2 rings (SSSR count). The Kier molecular flexibility index (Phi) is 2.72. The zero-order valence-electron chi connectivity index (χ0n) is 7.14. The molecule has 1 heterocycles. The van der Waals surface area contributed by atoms with Crippen LogP contribution >= 0.6 is 11.8 Å². The summed E-state index contributed by atoms with van der Waals surface area (Å²) in [4.78, 5) is 0. The quantitative estimate of drug-likeness (QED) is 0.686. The fraction of sp³-hybridized carbons (Fsp3) is 0.0909. The van der Waals surface area contributed by atoms with Gasteiger partial charge in [0.1, 0.15) is 0 Å². The Morgan fingerprint density at radius 2 is 1.85 bits per heavy atom. The smallest absolute Gasteiger partial charge is 0.160 e. The Morgan fingerprint density at radius 3 is 2.54 bits per heavy atom. The third kappa shape index (κ3) is 2.39. The van der Waals surface area contributed by atoms with Gasteiger partial charge in [0.05, 0.1) is 6.26 Å². The minimum atomic E-state index is 0.967. The van der Waals surface area contributed by atoms with Crippen molar-refractivity contribution in [2.45, 2.75) is 10.8 Å². The summed E-state index contributed by atoms with van der Waals surface area (Å²) < 4.78 is 5.22. The van der Waals surface area contributed by atoms with Crippen LogP contribution in [0.5, 0.6) is 0 Å². The van der Waals surface area contributed by atoms with Gasteiger partial charge in [-0.2, -0.15) is 0 Å². The van der Waals surface area contributed by atoms with Crippen molar-refractivity contribution in [1.29, 1.82) is 0 Å². The zero-order chi connectivity index (χ0) is 8.93. The SMILES string of the molecule is c1ccc(CSc2ccco2)cc1. The second-order valence-corrected chi connectivity index (χ2v) is 3.69. The van der Waals surface area contributed by atoms with E-state index in [4.69, 9.17) is 4.42 Å². The summed E-state index contributed by atoms with van der Waals surface area (Å²) in [5.41, 5.74) is 1.32. The third-order valence-electron chi connectivity index (χ3n) is 1.72. The van der Waals surface area contributed by atoms with E-state index in [9.17, 15) is 0 Å². The monoisotopic (exact) mass is 190 g/mol. The van der Waals surface area contributed by atoms with Crippen LogP contribution < -0.4 is 0 Å². The summed E-state index contributed by atoms with van der Waals surface area (Å²) in [7, 11) is 0. The van der Waals surface area contributed by atoms with Crippen LogP contribution in [0.2, 0.25) is 0 Å². The van der Waals surface area contributed by atoms with E-state index in [0.717, 1.165) is 10.8 Å². The number of rotatable bonds is 3. The molecule has 1 aromatic heterocycles. The highest BCUT2D eigenvalue weighted by atomic mass is 32.2. The summed E-state index contributed by atoms with van der Waals surface area (Å²) in [5, 5.41) is 0.976. The van der Waals surface area contributed by atoms with Crippen molar-refractivity contribution in [3.8, 4) is 0 Å². The van der Waals surface area contributed by atoms with Crippen LogP contribution in [0.15, 0.2) is 58.2 Å².